The minimum atomic E-state index is -0.746. The van der Waals surface area contributed by atoms with Crippen molar-refractivity contribution in [3.05, 3.63) is 39.8 Å². The number of rotatable bonds is 4. The van der Waals surface area contributed by atoms with E-state index in [-0.39, 0.29) is 11.5 Å². The Morgan fingerprint density at radius 2 is 1.95 bits per heavy atom. The molecular formula is C13H13BrFNO4. The smallest absolute Gasteiger partial charge is 0.354 e. The molecule has 1 aromatic carbocycles. The average molecular weight is 346 g/mol. The van der Waals surface area contributed by atoms with Crippen LogP contribution in [0.3, 0.4) is 0 Å². The van der Waals surface area contributed by atoms with E-state index in [0.717, 1.165) is 6.08 Å². The second-order valence-corrected chi connectivity index (χ2v) is 4.63. The molecule has 0 aromatic heterocycles. The second kappa shape index (κ2) is 7.04. The first kappa shape index (κ1) is 16.2. The summed E-state index contributed by atoms with van der Waals surface area (Å²) in [5.41, 5.74) is 0.688. The van der Waals surface area contributed by atoms with E-state index in [1.165, 1.54) is 26.4 Å². The third-order valence-electron chi connectivity index (χ3n) is 2.39. The van der Waals surface area contributed by atoms with Crippen molar-refractivity contribution in [3.8, 4) is 0 Å². The van der Waals surface area contributed by atoms with Gasteiger partial charge >= 0.3 is 11.9 Å². The molecular weight excluding hydrogens is 333 g/mol. The van der Waals surface area contributed by atoms with Gasteiger partial charge in [0.05, 0.1) is 26.0 Å². The van der Waals surface area contributed by atoms with E-state index in [1.54, 1.807) is 6.92 Å². The van der Waals surface area contributed by atoms with Crippen LogP contribution < -0.4 is 5.32 Å². The first-order valence-corrected chi connectivity index (χ1v) is 6.29. The largest absolute Gasteiger partial charge is 0.466 e. The summed E-state index contributed by atoms with van der Waals surface area (Å²) < 4.78 is 22.8. The summed E-state index contributed by atoms with van der Waals surface area (Å²) in [7, 11) is 2.37. The maximum atomic E-state index is 13.3. The number of ether oxygens (including phenoxy) is 2. The maximum Gasteiger partial charge on any atom is 0.354 e. The van der Waals surface area contributed by atoms with E-state index in [1.807, 2.05) is 0 Å². The van der Waals surface area contributed by atoms with Gasteiger partial charge in [-0.05, 0) is 40.5 Å². The number of anilines is 1. The first-order chi connectivity index (χ1) is 9.38. The Kier molecular flexibility index (Phi) is 5.69. The number of hydrogen-bond donors (Lipinski definition) is 1. The van der Waals surface area contributed by atoms with Gasteiger partial charge in [-0.15, -0.1) is 0 Å². The van der Waals surface area contributed by atoms with Crippen LogP contribution in [0, 0.1) is 12.7 Å². The number of carbonyl (C=O) groups is 2. The molecule has 0 amide bonds. The van der Waals surface area contributed by atoms with Crippen LogP contribution in [0.2, 0.25) is 0 Å². The van der Waals surface area contributed by atoms with Crippen LogP contribution in [-0.4, -0.2) is 26.2 Å². The van der Waals surface area contributed by atoms with Crippen LogP contribution in [0.5, 0.6) is 0 Å². The molecule has 0 saturated heterocycles. The Bertz CT molecular complexity index is 572. The number of benzene rings is 1. The zero-order valence-electron chi connectivity index (χ0n) is 11.1. The van der Waals surface area contributed by atoms with Crippen LogP contribution in [-0.2, 0) is 19.1 Å². The normalized spacial score (nSPS) is 10.9. The summed E-state index contributed by atoms with van der Waals surface area (Å²) >= 11 is 3.17. The highest BCUT2D eigenvalue weighted by Crippen LogP contribution is 2.27. The van der Waals surface area contributed by atoms with Gasteiger partial charge in [-0.3, -0.25) is 0 Å². The number of esters is 2. The third-order valence-corrected chi connectivity index (χ3v) is 3.04. The summed E-state index contributed by atoms with van der Waals surface area (Å²) in [4.78, 5) is 22.8. The SMILES string of the molecule is COC(=O)/C=C(/Nc1cc(C)c(F)cc1Br)C(=O)OC. The van der Waals surface area contributed by atoms with E-state index >= 15 is 0 Å². The Hall–Kier alpha value is -1.89. The molecule has 0 spiro atoms. The predicted molar refractivity (Wildman–Crippen MR) is 74.6 cm³/mol. The van der Waals surface area contributed by atoms with Crippen LogP contribution in [0.25, 0.3) is 0 Å². The summed E-state index contributed by atoms with van der Waals surface area (Å²) in [6.45, 7) is 1.58. The highest BCUT2D eigenvalue weighted by molar-refractivity contribution is 9.10. The standard InChI is InChI=1S/C13H13BrFNO4/c1-7-4-10(8(14)5-9(7)15)16-11(13(18)20-3)6-12(17)19-2/h4-6,16H,1-3H3/b11-6+. The van der Waals surface area contributed by atoms with Gasteiger partial charge in [0.1, 0.15) is 11.5 Å². The molecule has 108 valence electrons. The molecule has 0 heterocycles. The predicted octanol–water partition coefficient (Wildman–Crippen LogP) is 2.54. The van der Waals surface area contributed by atoms with Gasteiger partial charge in [-0.25, -0.2) is 14.0 Å². The number of halogens is 2. The molecule has 1 rings (SSSR count). The lowest BCUT2D eigenvalue weighted by molar-refractivity contribution is -0.138. The average Bonchev–Trinajstić information content (AvgIpc) is 2.42. The van der Waals surface area contributed by atoms with Crippen molar-refractivity contribution < 1.29 is 23.5 Å². The van der Waals surface area contributed by atoms with Crippen molar-refractivity contribution >= 4 is 33.6 Å². The highest BCUT2D eigenvalue weighted by atomic mass is 79.9. The van der Waals surface area contributed by atoms with Crippen LogP contribution in [0.15, 0.2) is 28.4 Å². The Morgan fingerprint density at radius 3 is 2.50 bits per heavy atom. The summed E-state index contributed by atoms with van der Waals surface area (Å²) in [5.74, 6) is -1.85. The lowest BCUT2D eigenvalue weighted by atomic mass is 10.2. The molecule has 0 fully saturated rings. The zero-order chi connectivity index (χ0) is 15.3. The first-order valence-electron chi connectivity index (χ1n) is 5.49. The van der Waals surface area contributed by atoms with Crippen molar-refractivity contribution in [2.45, 2.75) is 6.92 Å². The quantitative estimate of drug-likeness (QED) is 0.671. The van der Waals surface area contributed by atoms with E-state index in [0.29, 0.717) is 15.7 Å². The van der Waals surface area contributed by atoms with E-state index < -0.39 is 11.9 Å². The van der Waals surface area contributed by atoms with E-state index in [4.69, 9.17) is 0 Å². The van der Waals surface area contributed by atoms with Crippen molar-refractivity contribution in [1.29, 1.82) is 0 Å². The van der Waals surface area contributed by atoms with E-state index in [9.17, 15) is 14.0 Å². The van der Waals surface area contributed by atoms with Crippen molar-refractivity contribution in [1.82, 2.24) is 0 Å². The topological polar surface area (TPSA) is 64.6 Å². The van der Waals surface area contributed by atoms with Gasteiger partial charge in [-0.1, -0.05) is 0 Å². The van der Waals surface area contributed by atoms with Gasteiger partial charge < -0.3 is 14.8 Å². The Morgan fingerprint density at radius 1 is 1.30 bits per heavy atom. The monoisotopic (exact) mass is 345 g/mol. The lowest BCUT2D eigenvalue weighted by Gasteiger charge is -2.12. The summed E-state index contributed by atoms with van der Waals surface area (Å²) in [6, 6.07) is 2.75. The number of carbonyl (C=O) groups excluding carboxylic acids is 2. The Labute approximate surface area is 123 Å². The van der Waals surface area contributed by atoms with Crippen LogP contribution in [0.4, 0.5) is 10.1 Å². The molecule has 7 heteroatoms. The lowest BCUT2D eigenvalue weighted by Crippen LogP contribution is -2.15. The minimum Gasteiger partial charge on any atom is -0.466 e. The molecule has 0 aliphatic carbocycles. The minimum absolute atomic E-state index is 0.119. The molecule has 0 bridgehead atoms. The molecule has 0 aliphatic rings. The number of hydrogen-bond acceptors (Lipinski definition) is 5. The zero-order valence-corrected chi connectivity index (χ0v) is 12.7. The molecule has 0 unspecified atom stereocenters. The molecule has 0 aliphatic heterocycles. The van der Waals surface area contributed by atoms with Crippen molar-refractivity contribution in [2.75, 3.05) is 19.5 Å². The fourth-order valence-electron chi connectivity index (χ4n) is 1.33. The molecule has 0 atom stereocenters. The number of methoxy groups -OCH3 is 2. The molecule has 0 saturated carbocycles. The van der Waals surface area contributed by atoms with Crippen molar-refractivity contribution in [3.63, 3.8) is 0 Å². The molecule has 0 radical (unpaired) electrons. The maximum absolute atomic E-state index is 13.3. The number of aryl methyl sites for hydroxylation is 1. The molecule has 1 aromatic rings. The fourth-order valence-corrected chi connectivity index (χ4v) is 1.75. The van der Waals surface area contributed by atoms with Crippen LogP contribution in [0.1, 0.15) is 5.56 Å². The molecule has 1 N–H and O–H groups in total. The van der Waals surface area contributed by atoms with Gasteiger partial charge in [0.25, 0.3) is 0 Å². The summed E-state index contributed by atoms with van der Waals surface area (Å²) in [5, 5.41) is 2.70. The molecule has 20 heavy (non-hydrogen) atoms. The summed E-state index contributed by atoms with van der Waals surface area (Å²) in [6.07, 6.45) is 0.955. The Balaban J connectivity index is 3.14. The highest BCUT2D eigenvalue weighted by Gasteiger charge is 2.15. The van der Waals surface area contributed by atoms with E-state index in [2.05, 4.69) is 30.7 Å². The second-order valence-electron chi connectivity index (χ2n) is 3.78. The van der Waals surface area contributed by atoms with Crippen LogP contribution >= 0.6 is 15.9 Å². The fraction of sp³-hybridized carbons (Fsp3) is 0.231. The number of nitrogens with one attached hydrogen (secondary N) is 1. The van der Waals surface area contributed by atoms with Gasteiger partial charge in [0, 0.05) is 4.47 Å². The molecule has 5 nitrogen and oxygen atoms in total. The van der Waals surface area contributed by atoms with Crippen molar-refractivity contribution in [2.24, 2.45) is 0 Å². The van der Waals surface area contributed by atoms with Gasteiger partial charge in [-0.2, -0.15) is 0 Å². The third kappa shape index (κ3) is 4.06. The van der Waals surface area contributed by atoms with Gasteiger partial charge in [0.2, 0.25) is 0 Å². The van der Waals surface area contributed by atoms with Gasteiger partial charge in [0.15, 0.2) is 0 Å².